The average Bonchev–Trinajstić information content (AvgIpc) is 1.49. The quantitative estimate of drug-likeness (QED) is 0.0123. The smallest absolute Gasteiger partial charge is 0.224 e. The molecule has 8 aromatic rings. The lowest BCUT2D eigenvalue weighted by molar-refractivity contribution is -0.136. The van der Waals surface area contributed by atoms with Crippen molar-refractivity contribution in [3.63, 3.8) is 0 Å². The van der Waals surface area contributed by atoms with Crippen molar-refractivity contribution < 1.29 is 53.4 Å². The third kappa shape index (κ3) is 25.1. The number of carbonyl (C=O) groups is 9. The number of aliphatic hydroxyl groups excluding tert-OH is 1. The Hall–Kier alpha value is -9.91. The lowest BCUT2D eigenvalue weighted by atomic mass is 9.73. The van der Waals surface area contributed by atoms with Gasteiger partial charge >= 0.3 is 0 Å². The highest BCUT2D eigenvalue weighted by Crippen LogP contribution is 2.45. The predicted molar refractivity (Wildman–Crippen MR) is 457 cm³/mol. The Kier molecular flexibility index (Phi) is 32.5. The molecule has 23 heteroatoms. The van der Waals surface area contributed by atoms with Gasteiger partial charge in [-0.05, 0) is 185 Å². The number of guanidine groups is 1. The summed E-state index contributed by atoms with van der Waals surface area (Å²) in [5, 5.41) is 36.6. The number of aliphatic imine (C=N–C) groups is 1. The number of aliphatic hydroxyl groups is 1. The van der Waals surface area contributed by atoms with E-state index in [4.69, 9.17) is 17.2 Å². The molecular formula is C93H117N11O11S. The van der Waals surface area contributed by atoms with Crippen molar-refractivity contribution >= 4 is 91.9 Å². The number of nitrogens with two attached hydrogens (primary N) is 3. The van der Waals surface area contributed by atoms with E-state index in [1.807, 2.05) is 127 Å². The summed E-state index contributed by atoms with van der Waals surface area (Å²) in [7, 11) is 2.22. The molecule has 0 radical (unpaired) electrons. The van der Waals surface area contributed by atoms with E-state index in [2.05, 4.69) is 72.6 Å². The normalized spacial score (nSPS) is 23.5. The number of unbranched alkanes of at least 4 members (excludes halogenated alkanes) is 1. The van der Waals surface area contributed by atoms with Crippen LogP contribution in [-0.4, -0.2) is 165 Å². The first kappa shape index (κ1) is 86.9. The van der Waals surface area contributed by atoms with Gasteiger partial charge < -0.3 is 63.5 Å². The second kappa shape index (κ2) is 43.3. The number of phenols is 1. The summed E-state index contributed by atoms with van der Waals surface area (Å²) in [6.07, 6.45) is 7.12. The summed E-state index contributed by atoms with van der Waals surface area (Å²) >= 11 is 1.66. The fourth-order valence-electron chi connectivity index (χ4n) is 17.6. The number of likely N-dealkylation sites (N-methyl/N-ethyl adjacent to an activating group) is 1. The summed E-state index contributed by atoms with van der Waals surface area (Å²) < 4.78 is 0. The van der Waals surface area contributed by atoms with Crippen LogP contribution in [0.4, 0.5) is 0 Å². The Morgan fingerprint density at radius 2 is 1.20 bits per heavy atom. The molecule has 0 spiro atoms. The molecule has 3 amide bonds. The zero-order valence-corrected chi connectivity index (χ0v) is 67.9. The van der Waals surface area contributed by atoms with Crippen molar-refractivity contribution in [2.75, 3.05) is 44.7 Å². The lowest BCUT2D eigenvalue weighted by Gasteiger charge is -2.45. The number of carbonyl (C=O) groups excluding carboxylic acids is 9. The molecule has 2 saturated heterocycles. The number of Topliss-reactive ketones (excluding diaryl/α,β-unsaturated/α-hetero) is 6. The van der Waals surface area contributed by atoms with Gasteiger partial charge in [0.05, 0.1) is 30.0 Å². The van der Waals surface area contributed by atoms with Gasteiger partial charge in [-0.2, -0.15) is 11.8 Å². The van der Waals surface area contributed by atoms with Crippen LogP contribution in [0, 0.1) is 35.5 Å². The van der Waals surface area contributed by atoms with Crippen LogP contribution in [0.5, 0.6) is 5.75 Å². The summed E-state index contributed by atoms with van der Waals surface area (Å²) in [5.41, 5.74) is 26.2. The molecule has 2 fully saturated rings. The maximum absolute atomic E-state index is 15.6. The molecular weight excluding hydrogens is 1480 g/mol. The van der Waals surface area contributed by atoms with Crippen molar-refractivity contribution in [1.82, 2.24) is 36.1 Å². The number of nitrogens with zero attached hydrogens (tertiary/aromatic N) is 2. The van der Waals surface area contributed by atoms with Crippen molar-refractivity contribution in [2.24, 2.45) is 57.7 Å². The minimum absolute atomic E-state index is 0.0151. The van der Waals surface area contributed by atoms with Crippen LogP contribution in [0.25, 0.3) is 21.8 Å². The van der Waals surface area contributed by atoms with Crippen LogP contribution in [0.3, 0.4) is 0 Å². The first-order chi connectivity index (χ1) is 56.1. The SMILES string of the molecule is C[C@@H](O)[C@@H]1NC(=O)[C@H](CCCCN)CC(=O)[C@@H](Cc2c[nH]c3ccccc23)NC(=O)[C@H](Cc2ccccc2)CC(=O)[C@H](Cc2ccccc2)NC(=O)[C@H](CCCN=C(N)N)CC(=O)[C@@H](NC[C@@H](CC(=O)CSC[C@@H]2C[C@@H]3c4cccc5[nH]cc(c45)C[C@H]3N(C)C2)Cc2ccc(O)cc2)CCCCCC(=O)[C@H](Cc2ccccc2)CC1=O. The van der Waals surface area contributed by atoms with Crippen LogP contribution in [-0.2, 0) is 81.7 Å². The number of para-hydroxylation sites is 1. The Bertz CT molecular complexity index is 4630. The van der Waals surface area contributed by atoms with Crippen molar-refractivity contribution in [2.45, 2.75) is 190 Å². The number of hydrogen-bond acceptors (Lipinski definition) is 16. The van der Waals surface area contributed by atoms with E-state index >= 15 is 24.0 Å². The molecule has 4 heterocycles. The van der Waals surface area contributed by atoms with E-state index in [1.54, 1.807) is 30.1 Å². The molecule has 2 aliphatic heterocycles. The predicted octanol–water partition coefficient (Wildman–Crippen LogP) is 10.6. The average molecular weight is 1600 g/mol. The number of phenolic OH excluding ortho intramolecular Hbond substituents is 1. The van der Waals surface area contributed by atoms with Crippen LogP contribution >= 0.6 is 11.8 Å². The van der Waals surface area contributed by atoms with Crippen LogP contribution in [0.15, 0.2) is 175 Å². The fourth-order valence-corrected chi connectivity index (χ4v) is 18.6. The summed E-state index contributed by atoms with van der Waals surface area (Å²) in [5.74, 6) is -6.48. The largest absolute Gasteiger partial charge is 0.508 e. The molecule has 2 aromatic heterocycles. The minimum atomic E-state index is -1.47. The minimum Gasteiger partial charge on any atom is -0.508 e. The first-order valence-electron chi connectivity index (χ1n) is 41.7. The van der Waals surface area contributed by atoms with Gasteiger partial charge in [0.1, 0.15) is 23.4 Å². The number of rotatable bonds is 28. The summed E-state index contributed by atoms with van der Waals surface area (Å²) in [6, 6.07) is 44.2. The molecule has 1 aliphatic carbocycles. The van der Waals surface area contributed by atoms with Gasteiger partial charge in [-0.15, -0.1) is 0 Å². The molecule has 14 N–H and O–H groups in total. The van der Waals surface area contributed by atoms with Gasteiger partial charge in [0.2, 0.25) is 17.7 Å². The number of H-pyrrole nitrogens is 2. The molecule has 6 aromatic carbocycles. The first-order valence-corrected chi connectivity index (χ1v) is 42.8. The number of piperidine rings is 1. The highest BCUT2D eigenvalue weighted by atomic mass is 32.2. The van der Waals surface area contributed by atoms with Crippen LogP contribution in [0.2, 0.25) is 0 Å². The van der Waals surface area contributed by atoms with Gasteiger partial charge in [0.15, 0.2) is 29.1 Å². The number of aromatic amines is 2. The molecule has 13 atom stereocenters. The van der Waals surface area contributed by atoms with Gasteiger partial charge in [0.25, 0.3) is 0 Å². The Labute approximate surface area is 685 Å². The Morgan fingerprint density at radius 1 is 0.603 bits per heavy atom. The molecule has 22 nitrogen and oxygen atoms in total. The maximum Gasteiger partial charge on any atom is 0.224 e. The van der Waals surface area contributed by atoms with E-state index in [-0.39, 0.29) is 125 Å². The molecule has 11 rings (SSSR count). The second-order valence-electron chi connectivity index (χ2n) is 32.7. The monoisotopic (exact) mass is 1600 g/mol. The van der Waals surface area contributed by atoms with E-state index in [9.17, 15) is 29.4 Å². The number of benzene rings is 6. The molecule has 0 bridgehead atoms. The highest BCUT2D eigenvalue weighted by molar-refractivity contribution is 7.99. The van der Waals surface area contributed by atoms with Crippen molar-refractivity contribution in [3.8, 4) is 5.75 Å². The van der Waals surface area contributed by atoms with Crippen LogP contribution in [0.1, 0.15) is 155 Å². The standard InChI is InChI=1S/C93H117N11O11S/c1-59(105)89-87(112)51-68(42-60-21-7-3-8-22-60)83(108)34-14-6-13-32-78(98-53-64(41-63-35-37-72(106)38-36-63)44-73(107)58-116-57-65-45-76-75-30-19-33-79-88(75)71(55-100-79)48-82(76)104(2)56-65)84(109)49-67(28-20-40-97-93(95)96)90(113)101-80(46-62-25-11-5-12-26-62)86(111)52-69(43-61-23-9-4-10-24-61)92(115)102-81(47-70-54-99-77-31-16-15-29-74(70)77)85(110)50-66(91(114)103-89)27-17-18-39-94/h3-5,7-12,15-16,19,21-26,29-31,33,35-38,54-55,59,64-69,76,78,80-82,89,98-100,105-106H,6,13-14,17-18,20,27-28,32,34,39-53,56-58,94H2,1-2H3,(H,101,113)(H,102,115)(H,103,114)(H4,95,96,97)/t59-,64-,65-,66-,67-,68-,69-,76-,78+,80+,81-,82-,89+/m1/s1. The topological polar surface area (TPSA) is 367 Å². The number of amides is 3. The van der Waals surface area contributed by atoms with E-state index in [0.717, 1.165) is 52.7 Å². The highest BCUT2D eigenvalue weighted by Gasteiger charge is 2.41. The zero-order valence-electron chi connectivity index (χ0n) is 67.1. The molecule has 0 unspecified atom stereocenters. The maximum atomic E-state index is 15.6. The zero-order chi connectivity index (χ0) is 82.0. The van der Waals surface area contributed by atoms with E-state index in [0.29, 0.717) is 79.8 Å². The van der Waals surface area contributed by atoms with Gasteiger partial charge in [-0.3, -0.25) is 48.1 Å². The molecule has 116 heavy (non-hydrogen) atoms. The number of aromatic nitrogens is 2. The lowest BCUT2D eigenvalue weighted by Crippen LogP contribution is -2.51. The number of aromatic hydroxyl groups is 1. The van der Waals surface area contributed by atoms with Gasteiger partial charge in [0, 0.05) is 128 Å². The number of likely N-dealkylation sites (tertiary alicyclic amines) is 1. The van der Waals surface area contributed by atoms with E-state index < -0.39 is 102 Å². The number of ketones is 6. The third-order valence-electron chi connectivity index (χ3n) is 23.8. The van der Waals surface area contributed by atoms with Gasteiger partial charge in [-0.25, -0.2) is 0 Å². The third-order valence-corrected chi connectivity index (χ3v) is 25.0. The van der Waals surface area contributed by atoms with E-state index in [1.165, 1.54) is 29.0 Å². The number of nitrogens with one attached hydrogen (secondary N) is 6. The molecule has 616 valence electrons. The van der Waals surface area contributed by atoms with Crippen LogP contribution < -0.4 is 38.5 Å². The van der Waals surface area contributed by atoms with Gasteiger partial charge in [-0.1, -0.05) is 153 Å². The summed E-state index contributed by atoms with van der Waals surface area (Å²) in [6.45, 7) is 2.97. The Balaban J connectivity index is 0.904. The molecule has 3 aliphatic rings. The van der Waals surface area contributed by atoms with Crippen molar-refractivity contribution in [1.29, 1.82) is 0 Å². The van der Waals surface area contributed by atoms with Crippen molar-refractivity contribution in [3.05, 3.63) is 209 Å². The molecule has 0 saturated carbocycles. The summed E-state index contributed by atoms with van der Waals surface area (Å²) in [4.78, 5) is 150. The fraction of sp³-hybridized carbons (Fsp3) is 0.462. The second-order valence-corrected chi connectivity index (χ2v) is 33.7. The Morgan fingerprint density at radius 3 is 1.88 bits per heavy atom. The number of thioether (sulfide) groups is 1. The number of fused-ring (bicyclic) bond motifs is 3. The number of hydrogen-bond donors (Lipinski definition) is 11.